The number of para-hydroxylation sites is 1. The third kappa shape index (κ3) is 28.1. The van der Waals surface area contributed by atoms with Crippen molar-refractivity contribution >= 4 is 124 Å². The summed E-state index contributed by atoms with van der Waals surface area (Å²) < 4.78 is 24.9. The number of carbonyl (C=O) groups excluding carboxylic acids is 17. The van der Waals surface area contributed by atoms with Crippen LogP contribution in [-0.4, -0.2) is 280 Å². The molecule has 130 heavy (non-hydrogen) atoms. The average molecular weight is 1820 g/mol. The number of unbranched alkanes of at least 4 members (excludes halogenated alkanes) is 1. The van der Waals surface area contributed by atoms with Crippen molar-refractivity contribution in [1.29, 1.82) is 0 Å². The van der Waals surface area contributed by atoms with Crippen LogP contribution in [0.3, 0.4) is 0 Å². The van der Waals surface area contributed by atoms with E-state index in [9.17, 15) is 47.9 Å². The Bertz CT molecular complexity index is 4970. The van der Waals surface area contributed by atoms with Gasteiger partial charge in [0.1, 0.15) is 103 Å². The maximum atomic E-state index is 15.7. The van der Waals surface area contributed by atoms with Gasteiger partial charge in [0.2, 0.25) is 88.6 Å². The van der Waals surface area contributed by atoms with Crippen molar-refractivity contribution in [2.45, 2.75) is 197 Å². The molecule has 3 saturated heterocycles. The minimum atomic E-state index is -1.76. The van der Waals surface area contributed by atoms with E-state index >= 15 is 43.2 Å². The number of rotatable bonds is 25. The van der Waals surface area contributed by atoms with E-state index in [0.717, 1.165) is 38.6 Å². The number of carbonyl (C=O) groups is 17. The molecule has 6 aromatic rings. The van der Waals surface area contributed by atoms with Crippen molar-refractivity contribution in [3.8, 4) is 5.75 Å². The summed E-state index contributed by atoms with van der Waals surface area (Å²) in [5, 5.41) is 35.1. The minimum absolute atomic E-state index is 0.0144. The van der Waals surface area contributed by atoms with E-state index in [1.54, 1.807) is 119 Å². The van der Waals surface area contributed by atoms with E-state index in [4.69, 9.17) is 15.2 Å². The van der Waals surface area contributed by atoms with Crippen LogP contribution in [0.25, 0.3) is 10.9 Å². The number of ether oxygens (including phenoxy) is 2. The van der Waals surface area contributed by atoms with E-state index in [2.05, 4.69) is 52.8 Å². The summed E-state index contributed by atoms with van der Waals surface area (Å²) in [6.45, 7) is 6.11. The predicted molar refractivity (Wildman–Crippen MR) is 476 cm³/mol. The highest BCUT2D eigenvalue weighted by atomic mass is 32.2. The molecule has 0 unspecified atom stereocenters. The fourth-order valence-corrected chi connectivity index (χ4v) is 16.9. The van der Waals surface area contributed by atoms with Crippen LogP contribution in [-0.2, 0) is 123 Å². The molecule has 13 N–H and O–H groups in total. The van der Waals surface area contributed by atoms with Crippen LogP contribution in [0.4, 0.5) is 4.39 Å². The lowest BCUT2D eigenvalue weighted by atomic mass is 9.98. The molecular formula is C92H117FN16O20S. The Labute approximate surface area is 757 Å². The fourth-order valence-electron chi connectivity index (χ4n) is 16.1. The van der Waals surface area contributed by atoms with Crippen LogP contribution in [0.15, 0.2) is 140 Å². The molecule has 4 heterocycles. The zero-order valence-electron chi connectivity index (χ0n) is 74.0. The lowest BCUT2D eigenvalue weighted by Gasteiger charge is -2.38. The first-order valence-electron chi connectivity index (χ1n) is 43.4. The van der Waals surface area contributed by atoms with Crippen molar-refractivity contribution in [3.63, 3.8) is 0 Å². The monoisotopic (exact) mass is 1820 g/mol. The summed E-state index contributed by atoms with van der Waals surface area (Å²) >= 11 is 0.792. The maximum Gasteiger partial charge on any atom is 0.293 e. The highest BCUT2D eigenvalue weighted by Gasteiger charge is 2.46. The van der Waals surface area contributed by atoms with Gasteiger partial charge in [-0.25, -0.2) is 4.39 Å². The molecule has 13 atom stereocenters. The van der Waals surface area contributed by atoms with Crippen LogP contribution in [0.5, 0.6) is 5.75 Å². The van der Waals surface area contributed by atoms with Crippen molar-refractivity contribution in [2.75, 3.05) is 65.5 Å². The van der Waals surface area contributed by atoms with E-state index < -0.39 is 210 Å². The van der Waals surface area contributed by atoms with Crippen LogP contribution in [0.2, 0.25) is 0 Å². The molecule has 0 saturated carbocycles. The number of phenolic OH excluding ortho intramolecular Hbond substituents is 1. The van der Waals surface area contributed by atoms with Gasteiger partial charge in [-0.1, -0.05) is 151 Å². The number of H-pyrrole nitrogens is 1. The number of fused-ring (bicyclic) bond motifs is 3. The lowest BCUT2D eigenvalue weighted by Crippen LogP contribution is -2.62. The van der Waals surface area contributed by atoms with Gasteiger partial charge < -0.3 is 97.6 Å². The number of hydrogen-bond donors (Lipinski definition) is 12. The molecule has 3 fully saturated rings. The Morgan fingerprint density at radius 2 is 1.02 bits per heavy atom. The number of phenols is 1. The number of aromatic nitrogens is 1. The Morgan fingerprint density at radius 1 is 0.523 bits per heavy atom. The van der Waals surface area contributed by atoms with E-state index in [-0.39, 0.29) is 108 Å². The zero-order chi connectivity index (χ0) is 94.4. The molecule has 698 valence electrons. The first kappa shape index (κ1) is 100. The first-order valence-corrected chi connectivity index (χ1v) is 44.6. The highest BCUT2D eigenvalue weighted by molar-refractivity contribution is 8.00. The Kier molecular flexibility index (Phi) is 37.7. The molecule has 0 radical (unpaired) electrons. The van der Waals surface area contributed by atoms with Crippen molar-refractivity contribution in [3.05, 3.63) is 173 Å². The zero-order valence-corrected chi connectivity index (χ0v) is 74.9. The quantitative estimate of drug-likeness (QED) is 0.0361. The number of aromatic hydroxyl groups is 1. The number of halogens is 1. The molecule has 15 amide bonds. The van der Waals surface area contributed by atoms with Gasteiger partial charge in [-0.15, -0.1) is 11.8 Å². The number of nitrogens with two attached hydrogens (primary N) is 1. The van der Waals surface area contributed by atoms with Gasteiger partial charge in [0.25, 0.3) is 12.9 Å². The Balaban J connectivity index is 1.12. The molecule has 3 aliphatic rings. The van der Waals surface area contributed by atoms with Crippen LogP contribution < -0.4 is 53.6 Å². The molecule has 1 aromatic heterocycles. The summed E-state index contributed by atoms with van der Waals surface area (Å²) in [7, 11) is 4.00. The normalized spacial score (nSPS) is 23.8. The minimum Gasteiger partial charge on any atom is -0.508 e. The van der Waals surface area contributed by atoms with Gasteiger partial charge in [-0.2, -0.15) is 0 Å². The molecular weight excluding hydrogens is 1700 g/mol. The number of thioether (sulfide) groups is 1. The van der Waals surface area contributed by atoms with Crippen LogP contribution in [0.1, 0.15) is 114 Å². The topological polar surface area (TPSA) is 495 Å². The number of aromatic amines is 1. The van der Waals surface area contributed by atoms with Crippen molar-refractivity contribution in [2.24, 2.45) is 17.6 Å². The summed E-state index contributed by atoms with van der Waals surface area (Å²) in [5.74, 6) is -16.4. The summed E-state index contributed by atoms with van der Waals surface area (Å²) in [6.07, 6.45) is 1.67. The molecule has 38 heteroatoms. The molecule has 0 aliphatic carbocycles. The second-order valence-electron chi connectivity index (χ2n) is 33.5. The van der Waals surface area contributed by atoms with Gasteiger partial charge in [0, 0.05) is 89.2 Å². The van der Waals surface area contributed by atoms with Crippen LogP contribution >= 0.6 is 11.8 Å². The number of likely N-dealkylation sites (N-methyl/N-ethyl adjacent to an activating group) is 3. The Hall–Kier alpha value is -13.3. The number of amides is 15. The molecule has 5 aromatic carbocycles. The summed E-state index contributed by atoms with van der Waals surface area (Å²) in [5.41, 5.74) is 8.44. The number of hydrogen-bond acceptors (Lipinski definition) is 21. The molecule has 3 aliphatic heterocycles. The number of primary amides is 1. The average Bonchev–Trinajstić information content (AvgIpc) is 1.52. The summed E-state index contributed by atoms with van der Waals surface area (Å²) in [6, 6.07) is 14.9. The van der Waals surface area contributed by atoms with E-state index in [1.165, 1.54) is 67.3 Å². The van der Waals surface area contributed by atoms with Crippen molar-refractivity contribution in [1.82, 2.24) is 77.3 Å². The highest BCUT2D eigenvalue weighted by Crippen LogP contribution is 2.28. The third-order valence-corrected chi connectivity index (χ3v) is 24.2. The fraction of sp³-hybridized carbons (Fsp3) is 0.467. The van der Waals surface area contributed by atoms with Crippen LogP contribution in [0, 0.1) is 17.7 Å². The van der Waals surface area contributed by atoms with Gasteiger partial charge in [0.15, 0.2) is 0 Å². The predicted octanol–water partition coefficient (Wildman–Crippen LogP) is 1.45. The second kappa shape index (κ2) is 48.8. The molecule has 0 spiro atoms. The number of nitrogens with zero attached hydrogens (tertiary/aromatic N) is 5. The standard InChI is InChI=1S/C92H117FN16O20S/c1-9-10-27-74-91(126)109-39-20-29-73(109)86(121)101-69(48-128-52-110)84(119)104-79(55(4)5)92(127)106(7)75(43-56-21-13-11-14-22-56)87(122)102-70(49-129-53-111)89(124)108-38-19-28-72(108)85(120)100-67(45-60-46-95-64-26-18-17-25-63(60)64)83(118)99-66(41-59-32-36-62(112)37-33-59)82(117)98-65(40-54(2)3)81(116)103-71(80(115)96-47-77(94)113)50-130-51-78(114)97-68(42-58-30-34-61(93)35-31-58)88(123)107(8)76(90(125)105(74)6)44-57-23-15-12-16-24-57/h11-18,21-26,30-37,46,52-55,65-76,79,95,112H,9-10,19-20,27-29,38-45,47-51H2,1-8H3,(H2,94,113)(H,96,115)(H,97,114)(H,98,117)(H,99,118)(H,100,120)(H,101,121)(H,102,122)(H,103,116)(H,104,119)/t65-,66-,67-,68-,69-,70-,71-,72+,73+,74-,75-,76-,79-/m0/s1. The Morgan fingerprint density at radius 3 is 1.60 bits per heavy atom. The largest absolute Gasteiger partial charge is 0.508 e. The van der Waals surface area contributed by atoms with Gasteiger partial charge in [-0.05, 0) is 109 Å². The summed E-state index contributed by atoms with van der Waals surface area (Å²) in [4.78, 5) is 257. The number of nitrogens with one attached hydrogen (secondary N) is 10. The van der Waals surface area contributed by atoms with E-state index in [0.29, 0.717) is 51.6 Å². The molecule has 36 nitrogen and oxygen atoms in total. The first-order chi connectivity index (χ1) is 62.2. The molecule has 0 bridgehead atoms. The van der Waals surface area contributed by atoms with E-state index in [1.807, 2.05) is 6.92 Å². The lowest BCUT2D eigenvalue weighted by molar-refractivity contribution is -0.152. The molecule has 9 rings (SSSR count). The van der Waals surface area contributed by atoms with Gasteiger partial charge >= 0.3 is 0 Å². The second-order valence-corrected chi connectivity index (χ2v) is 34.5. The van der Waals surface area contributed by atoms with Gasteiger partial charge in [0.05, 0.1) is 12.3 Å². The SMILES string of the molecule is CCCC[C@H]1C(=O)N2CCC[C@@H]2C(=O)N[C@@H](COC=O)C(=O)N[C@@H](C(C)C)C(=O)N(C)[C@@H](Cc2ccccc2)C(=O)N[C@@H](COC=O)C(=O)N2CCC[C@@H]2C(=O)N[C@@H](Cc2c[nH]c3ccccc23)C(=O)N[C@@H](Cc2ccc(O)cc2)C(=O)N[C@@H](CC(C)C)C(=O)N[C@H](C(=O)NCC(N)=O)CSCC(=O)N[C@@H](Cc2ccc(F)cc2)C(=O)N(C)[C@@H](Cc2ccccc2)C(=O)N1C. The van der Waals surface area contributed by atoms with Crippen molar-refractivity contribution < 1.29 is 100 Å². The maximum absolute atomic E-state index is 15.7. The smallest absolute Gasteiger partial charge is 0.293 e. The third-order valence-electron chi connectivity index (χ3n) is 23.2. The van der Waals surface area contributed by atoms with Gasteiger partial charge in [-0.3, -0.25) is 81.5 Å². The number of benzene rings is 5.